The van der Waals surface area contributed by atoms with E-state index in [1.165, 1.54) is 6.33 Å². The summed E-state index contributed by atoms with van der Waals surface area (Å²) in [4.78, 5) is 13.0. The average Bonchev–Trinajstić information content (AvgIpc) is 2.92. The first kappa shape index (κ1) is 28.1. The van der Waals surface area contributed by atoms with E-state index < -0.39 is 6.10 Å². The highest BCUT2D eigenvalue weighted by atomic mass is 35.5. The van der Waals surface area contributed by atoms with Crippen molar-refractivity contribution in [1.82, 2.24) is 14.9 Å². The molecule has 4 aromatic rings. The smallest absolute Gasteiger partial charge is 0.138 e. The summed E-state index contributed by atoms with van der Waals surface area (Å²) in [6, 6.07) is 25.6. The van der Waals surface area contributed by atoms with Crippen LogP contribution in [-0.4, -0.2) is 59.9 Å². The van der Waals surface area contributed by atoms with Crippen molar-refractivity contribution in [3.63, 3.8) is 0 Å². The Kier molecular flexibility index (Phi) is 9.91. The van der Waals surface area contributed by atoms with Crippen LogP contribution >= 0.6 is 11.6 Å². The predicted octanol–water partition coefficient (Wildman–Crippen LogP) is 6.33. The summed E-state index contributed by atoms with van der Waals surface area (Å²) in [6.45, 7) is 3.36. The Bertz CT molecular complexity index is 1360. The van der Waals surface area contributed by atoms with Gasteiger partial charge in [0.05, 0.1) is 10.7 Å². The van der Waals surface area contributed by atoms with Crippen LogP contribution in [0.2, 0.25) is 5.02 Å². The number of benzene rings is 3. The number of hydrogen-bond acceptors (Lipinski definition) is 7. The summed E-state index contributed by atoms with van der Waals surface area (Å²) >= 11 is 6.67. The third kappa shape index (κ3) is 8.55. The number of ether oxygens (including phenoxy) is 1. The molecule has 1 unspecified atom stereocenters. The van der Waals surface area contributed by atoms with Crippen LogP contribution in [0.3, 0.4) is 0 Å². The zero-order valence-corrected chi connectivity index (χ0v) is 23.2. The van der Waals surface area contributed by atoms with Crippen molar-refractivity contribution in [3.8, 4) is 5.75 Å². The SMILES string of the molecule is Cc1ccc(N(CC=Cc2ccccc2)c2cc(Nc3ccc(OCC(O)CN(C)C)cc3)ncn2)c(Cl)c1. The molecule has 0 saturated heterocycles. The minimum absolute atomic E-state index is 0.232. The van der Waals surface area contributed by atoms with Gasteiger partial charge < -0.3 is 25.0 Å². The summed E-state index contributed by atoms with van der Waals surface area (Å²) < 4.78 is 5.71. The summed E-state index contributed by atoms with van der Waals surface area (Å²) in [6.07, 6.45) is 5.16. The molecule has 7 nitrogen and oxygen atoms in total. The van der Waals surface area contributed by atoms with Crippen molar-refractivity contribution in [2.75, 3.05) is 44.0 Å². The maximum Gasteiger partial charge on any atom is 0.138 e. The lowest BCUT2D eigenvalue weighted by Crippen LogP contribution is -2.30. The second-order valence-corrected chi connectivity index (χ2v) is 9.92. The summed E-state index contributed by atoms with van der Waals surface area (Å²) in [5.74, 6) is 2.05. The van der Waals surface area contributed by atoms with Gasteiger partial charge in [0, 0.05) is 24.8 Å². The number of anilines is 4. The van der Waals surface area contributed by atoms with E-state index in [2.05, 4.69) is 44.5 Å². The van der Waals surface area contributed by atoms with E-state index in [4.69, 9.17) is 16.3 Å². The lowest BCUT2D eigenvalue weighted by Gasteiger charge is -2.24. The first-order chi connectivity index (χ1) is 18.9. The van der Waals surface area contributed by atoms with Crippen LogP contribution in [0.1, 0.15) is 11.1 Å². The van der Waals surface area contributed by atoms with Gasteiger partial charge in [0.15, 0.2) is 0 Å². The molecule has 0 fully saturated rings. The van der Waals surface area contributed by atoms with Gasteiger partial charge in [-0.1, -0.05) is 60.2 Å². The number of aryl methyl sites for hydroxylation is 1. The number of nitrogens with one attached hydrogen (secondary N) is 1. The molecule has 0 bridgehead atoms. The normalized spacial score (nSPS) is 12.1. The van der Waals surface area contributed by atoms with Crippen molar-refractivity contribution in [2.45, 2.75) is 13.0 Å². The third-order valence-corrected chi connectivity index (χ3v) is 6.17. The van der Waals surface area contributed by atoms with Crippen LogP contribution in [0, 0.1) is 6.92 Å². The van der Waals surface area contributed by atoms with Gasteiger partial charge in [-0.3, -0.25) is 0 Å². The van der Waals surface area contributed by atoms with Crippen molar-refractivity contribution in [3.05, 3.63) is 107 Å². The molecule has 2 N–H and O–H groups in total. The second kappa shape index (κ2) is 13.8. The molecule has 0 amide bonds. The topological polar surface area (TPSA) is 73.8 Å². The molecule has 8 heteroatoms. The average molecular weight is 544 g/mol. The van der Waals surface area contributed by atoms with Crippen molar-refractivity contribution >= 4 is 40.7 Å². The van der Waals surface area contributed by atoms with Crippen molar-refractivity contribution in [1.29, 1.82) is 0 Å². The third-order valence-electron chi connectivity index (χ3n) is 5.87. The molecule has 1 heterocycles. The largest absolute Gasteiger partial charge is 0.491 e. The highest BCUT2D eigenvalue weighted by molar-refractivity contribution is 6.33. The molecule has 0 saturated carbocycles. The van der Waals surface area contributed by atoms with Crippen LogP contribution in [0.4, 0.5) is 23.0 Å². The van der Waals surface area contributed by atoms with Crippen molar-refractivity contribution in [2.24, 2.45) is 0 Å². The van der Waals surface area contributed by atoms with E-state index in [-0.39, 0.29) is 6.61 Å². The minimum Gasteiger partial charge on any atom is -0.491 e. The summed E-state index contributed by atoms with van der Waals surface area (Å²) in [5.41, 5.74) is 3.93. The van der Waals surface area contributed by atoms with Crippen LogP contribution in [0.15, 0.2) is 91.3 Å². The number of likely N-dealkylation sites (N-methyl/N-ethyl adjacent to an activating group) is 1. The van der Waals surface area contributed by atoms with E-state index in [1.54, 1.807) is 0 Å². The van der Waals surface area contributed by atoms with E-state index in [0.29, 0.717) is 35.5 Å². The number of nitrogens with zero attached hydrogens (tertiary/aromatic N) is 4. The number of aliphatic hydroxyl groups excluding tert-OH is 1. The van der Waals surface area contributed by atoms with Crippen LogP contribution in [0.25, 0.3) is 6.08 Å². The Hall–Kier alpha value is -3.91. The number of aromatic nitrogens is 2. The molecule has 0 aliphatic carbocycles. The zero-order valence-electron chi connectivity index (χ0n) is 22.5. The quantitative estimate of drug-likeness (QED) is 0.216. The molecule has 1 aromatic heterocycles. The minimum atomic E-state index is -0.551. The molecular formula is C31H34ClN5O2. The summed E-state index contributed by atoms with van der Waals surface area (Å²) in [7, 11) is 3.83. The van der Waals surface area contributed by atoms with E-state index >= 15 is 0 Å². The van der Waals surface area contributed by atoms with Gasteiger partial charge in [-0.25, -0.2) is 9.97 Å². The van der Waals surface area contributed by atoms with Gasteiger partial charge >= 0.3 is 0 Å². The fourth-order valence-electron chi connectivity index (χ4n) is 4.02. The Morgan fingerprint density at radius 3 is 2.49 bits per heavy atom. The molecule has 0 aliphatic heterocycles. The fraction of sp³-hybridized carbons (Fsp3) is 0.226. The Balaban J connectivity index is 1.49. The van der Waals surface area contributed by atoms with Gasteiger partial charge in [0.25, 0.3) is 0 Å². The van der Waals surface area contributed by atoms with Gasteiger partial charge in [-0.05, 0) is 68.5 Å². The van der Waals surface area contributed by atoms with Crippen molar-refractivity contribution < 1.29 is 9.84 Å². The molecule has 202 valence electrons. The van der Waals surface area contributed by atoms with Gasteiger partial charge in [0.1, 0.15) is 36.4 Å². The molecule has 39 heavy (non-hydrogen) atoms. The van der Waals surface area contributed by atoms with Crippen LogP contribution in [-0.2, 0) is 0 Å². The van der Waals surface area contributed by atoms with Gasteiger partial charge in [0.2, 0.25) is 0 Å². The van der Waals surface area contributed by atoms with Crippen LogP contribution < -0.4 is 15.0 Å². The van der Waals surface area contributed by atoms with Gasteiger partial charge in [-0.2, -0.15) is 0 Å². The van der Waals surface area contributed by atoms with E-state index in [1.807, 2.05) is 92.6 Å². The maximum absolute atomic E-state index is 10.0. The number of rotatable bonds is 12. The molecule has 1 atom stereocenters. The van der Waals surface area contributed by atoms with E-state index in [9.17, 15) is 5.11 Å². The molecular weight excluding hydrogens is 510 g/mol. The standard InChI is InChI=1S/C31H34ClN5O2/c1-23-11-16-29(28(32)18-23)37(17-7-10-24-8-5-4-6-9-24)31-19-30(33-22-34-31)35-25-12-14-27(15-13-25)39-21-26(38)20-36(2)3/h4-16,18-19,22,26,38H,17,20-21H2,1-3H3,(H,33,34,35). The highest BCUT2D eigenvalue weighted by Gasteiger charge is 2.14. The molecule has 0 radical (unpaired) electrons. The zero-order chi connectivity index (χ0) is 27.6. The van der Waals surface area contributed by atoms with E-state index in [0.717, 1.165) is 22.5 Å². The highest BCUT2D eigenvalue weighted by Crippen LogP contribution is 2.32. The number of hydrogen-bond donors (Lipinski definition) is 2. The second-order valence-electron chi connectivity index (χ2n) is 9.52. The monoisotopic (exact) mass is 543 g/mol. The number of aliphatic hydroxyl groups is 1. The Morgan fingerprint density at radius 2 is 1.77 bits per heavy atom. The first-order valence-corrected chi connectivity index (χ1v) is 13.1. The van der Waals surface area contributed by atoms with Gasteiger partial charge in [-0.15, -0.1) is 0 Å². The fourth-order valence-corrected chi connectivity index (χ4v) is 4.35. The Labute approximate surface area is 235 Å². The molecule has 3 aromatic carbocycles. The first-order valence-electron chi connectivity index (χ1n) is 12.8. The lowest BCUT2D eigenvalue weighted by molar-refractivity contribution is 0.0831. The Morgan fingerprint density at radius 1 is 1.00 bits per heavy atom. The lowest BCUT2D eigenvalue weighted by atomic mass is 10.2. The maximum atomic E-state index is 10.0. The molecule has 0 spiro atoms. The predicted molar refractivity (Wildman–Crippen MR) is 160 cm³/mol. The molecule has 0 aliphatic rings. The molecule has 4 rings (SSSR count). The number of halogens is 1. The summed E-state index contributed by atoms with van der Waals surface area (Å²) in [5, 5.41) is 14.0. The van der Waals surface area contributed by atoms with Crippen LogP contribution in [0.5, 0.6) is 5.75 Å².